The van der Waals surface area contributed by atoms with E-state index < -0.39 is 12.0 Å². The minimum Gasteiger partial charge on any atom is -0.480 e. The molecule has 1 saturated heterocycles. The fourth-order valence-electron chi connectivity index (χ4n) is 2.68. The molecule has 2 N–H and O–H groups in total. The van der Waals surface area contributed by atoms with Crippen molar-refractivity contribution in [1.82, 2.24) is 10.2 Å². The van der Waals surface area contributed by atoms with E-state index in [4.69, 9.17) is 0 Å². The van der Waals surface area contributed by atoms with Gasteiger partial charge in [-0.2, -0.15) is 0 Å². The van der Waals surface area contributed by atoms with Crippen LogP contribution in [0, 0.1) is 0 Å². The van der Waals surface area contributed by atoms with Gasteiger partial charge in [0, 0.05) is 25.4 Å². The largest absolute Gasteiger partial charge is 0.480 e. The van der Waals surface area contributed by atoms with Gasteiger partial charge in [0.05, 0.1) is 5.37 Å². The Morgan fingerprint density at radius 1 is 1.39 bits per heavy atom. The van der Waals surface area contributed by atoms with E-state index in [0.29, 0.717) is 0 Å². The molecule has 0 spiro atoms. The standard InChI is InChI=1S/C13H16N2O2S/c16-13(17)11(12-14-5-6-18-12)15-7-9-3-1-2-4-10(9)8-15/h1-4,11-12,14H,5-8H2,(H,16,17)/t11-,12+/m0/s1. The Morgan fingerprint density at radius 3 is 2.56 bits per heavy atom. The minimum atomic E-state index is -0.727. The van der Waals surface area contributed by atoms with Crippen LogP contribution in [0.25, 0.3) is 0 Å². The third kappa shape index (κ3) is 2.13. The smallest absolute Gasteiger partial charge is 0.323 e. The second kappa shape index (κ2) is 4.91. The third-order valence-electron chi connectivity index (χ3n) is 3.54. The lowest BCUT2D eigenvalue weighted by molar-refractivity contribution is -0.143. The normalized spacial score (nSPS) is 25.0. The molecule has 1 aromatic rings. The number of thioether (sulfide) groups is 1. The van der Waals surface area contributed by atoms with Gasteiger partial charge in [-0.1, -0.05) is 24.3 Å². The molecule has 0 amide bonds. The molecule has 4 nitrogen and oxygen atoms in total. The van der Waals surface area contributed by atoms with Gasteiger partial charge < -0.3 is 10.4 Å². The summed E-state index contributed by atoms with van der Waals surface area (Å²) in [7, 11) is 0. The number of hydrogen-bond donors (Lipinski definition) is 2. The molecule has 2 aliphatic heterocycles. The predicted octanol–water partition coefficient (Wildman–Crippen LogP) is 1.12. The summed E-state index contributed by atoms with van der Waals surface area (Å²) in [5.41, 5.74) is 2.51. The highest BCUT2D eigenvalue weighted by Gasteiger charge is 2.38. The number of carboxylic acid groups (broad SMARTS) is 1. The highest BCUT2D eigenvalue weighted by molar-refractivity contribution is 8.00. The first kappa shape index (κ1) is 12.0. The molecule has 0 unspecified atom stereocenters. The zero-order chi connectivity index (χ0) is 12.5. The Morgan fingerprint density at radius 2 is 2.06 bits per heavy atom. The Hall–Kier alpha value is -1.04. The van der Waals surface area contributed by atoms with Crippen molar-refractivity contribution >= 4 is 17.7 Å². The fourth-order valence-corrected chi connectivity index (χ4v) is 3.88. The van der Waals surface area contributed by atoms with Gasteiger partial charge in [0.2, 0.25) is 0 Å². The van der Waals surface area contributed by atoms with Crippen LogP contribution in [0.15, 0.2) is 24.3 Å². The van der Waals surface area contributed by atoms with Crippen molar-refractivity contribution in [2.24, 2.45) is 0 Å². The maximum atomic E-state index is 11.5. The summed E-state index contributed by atoms with van der Waals surface area (Å²) in [5.74, 6) is 0.268. The van der Waals surface area contributed by atoms with Crippen molar-refractivity contribution < 1.29 is 9.90 Å². The number of nitrogens with one attached hydrogen (secondary N) is 1. The number of carbonyl (C=O) groups is 1. The number of carboxylic acids is 1. The molecule has 2 heterocycles. The van der Waals surface area contributed by atoms with E-state index in [9.17, 15) is 9.90 Å². The first-order valence-electron chi connectivity index (χ1n) is 6.14. The van der Waals surface area contributed by atoms with Crippen LogP contribution >= 0.6 is 11.8 Å². The molecule has 5 heteroatoms. The van der Waals surface area contributed by atoms with Crippen LogP contribution in [0.3, 0.4) is 0 Å². The molecule has 0 bridgehead atoms. The highest BCUT2D eigenvalue weighted by atomic mass is 32.2. The Labute approximate surface area is 110 Å². The molecule has 1 aromatic carbocycles. The van der Waals surface area contributed by atoms with Gasteiger partial charge in [-0.05, 0) is 11.1 Å². The van der Waals surface area contributed by atoms with Crippen molar-refractivity contribution in [2.75, 3.05) is 12.3 Å². The van der Waals surface area contributed by atoms with E-state index >= 15 is 0 Å². The Bertz CT molecular complexity index is 435. The van der Waals surface area contributed by atoms with Gasteiger partial charge in [-0.3, -0.25) is 9.69 Å². The van der Waals surface area contributed by atoms with Crippen molar-refractivity contribution in [3.8, 4) is 0 Å². The van der Waals surface area contributed by atoms with Crippen molar-refractivity contribution in [3.05, 3.63) is 35.4 Å². The van der Waals surface area contributed by atoms with Gasteiger partial charge in [0.25, 0.3) is 0 Å². The number of fused-ring (bicyclic) bond motifs is 1. The number of nitrogens with zero attached hydrogens (tertiary/aromatic N) is 1. The van der Waals surface area contributed by atoms with Gasteiger partial charge in [0.15, 0.2) is 0 Å². The lowest BCUT2D eigenvalue weighted by atomic mass is 10.1. The molecule has 0 aliphatic carbocycles. The van der Waals surface area contributed by atoms with Crippen molar-refractivity contribution in [2.45, 2.75) is 24.5 Å². The summed E-state index contributed by atoms with van der Waals surface area (Å²) in [4.78, 5) is 13.6. The van der Waals surface area contributed by atoms with Gasteiger partial charge in [-0.15, -0.1) is 11.8 Å². The second-order valence-electron chi connectivity index (χ2n) is 4.70. The summed E-state index contributed by atoms with van der Waals surface area (Å²) >= 11 is 1.71. The molecule has 3 rings (SSSR count). The van der Waals surface area contributed by atoms with Crippen LogP contribution in [-0.4, -0.2) is 39.7 Å². The number of rotatable bonds is 3. The second-order valence-corrected chi connectivity index (χ2v) is 5.95. The van der Waals surface area contributed by atoms with Crippen LogP contribution in [0.2, 0.25) is 0 Å². The van der Waals surface area contributed by atoms with E-state index in [1.165, 1.54) is 11.1 Å². The molecule has 96 valence electrons. The van der Waals surface area contributed by atoms with Crippen molar-refractivity contribution in [3.63, 3.8) is 0 Å². The molecule has 0 saturated carbocycles. The number of aliphatic carboxylic acids is 1. The zero-order valence-electron chi connectivity index (χ0n) is 10.0. The molecule has 18 heavy (non-hydrogen) atoms. The maximum absolute atomic E-state index is 11.5. The van der Waals surface area contributed by atoms with Gasteiger partial charge >= 0.3 is 5.97 Å². The van der Waals surface area contributed by atoms with Crippen LogP contribution in [0.4, 0.5) is 0 Å². The monoisotopic (exact) mass is 264 g/mol. The predicted molar refractivity (Wildman–Crippen MR) is 71.4 cm³/mol. The number of benzene rings is 1. The van der Waals surface area contributed by atoms with E-state index in [1.54, 1.807) is 11.8 Å². The van der Waals surface area contributed by atoms with Gasteiger partial charge in [-0.25, -0.2) is 0 Å². The van der Waals surface area contributed by atoms with E-state index in [-0.39, 0.29) is 5.37 Å². The summed E-state index contributed by atoms with van der Waals surface area (Å²) in [6.07, 6.45) is 0. The van der Waals surface area contributed by atoms with E-state index in [2.05, 4.69) is 22.3 Å². The Balaban J connectivity index is 1.79. The molecule has 0 aromatic heterocycles. The lowest BCUT2D eigenvalue weighted by Gasteiger charge is -2.28. The highest BCUT2D eigenvalue weighted by Crippen LogP contribution is 2.29. The van der Waals surface area contributed by atoms with Crippen LogP contribution in [-0.2, 0) is 17.9 Å². The first-order valence-corrected chi connectivity index (χ1v) is 7.19. The quantitative estimate of drug-likeness (QED) is 0.857. The van der Waals surface area contributed by atoms with E-state index in [0.717, 1.165) is 25.4 Å². The summed E-state index contributed by atoms with van der Waals surface area (Å²) in [6.45, 7) is 2.39. The zero-order valence-corrected chi connectivity index (χ0v) is 10.8. The van der Waals surface area contributed by atoms with Gasteiger partial charge in [0.1, 0.15) is 6.04 Å². The maximum Gasteiger partial charge on any atom is 0.323 e. The Kier molecular flexibility index (Phi) is 3.28. The summed E-state index contributed by atoms with van der Waals surface area (Å²) in [6, 6.07) is 7.76. The van der Waals surface area contributed by atoms with E-state index in [1.807, 2.05) is 12.1 Å². The number of hydrogen-bond acceptors (Lipinski definition) is 4. The van der Waals surface area contributed by atoms with Crippen LogP contribution < -0.4 is 5.32 Å². The average molecular weight is 264 g/mol. The van der Waals surface area contributed by atoms with Crippen molar-refractivity contribution in [1.29, 1.82) is 0 Å². The topological polar surface area (TPSA) is 52.6 Å². The fraction of sp³-hybridized carbons (Fsp3) is 0.462. The minimum absolute atomic E-state index is 0.0109. The molecular weight excluding hydrogens is 248 g/mol. The molecule has 2 atom stereocenters. The molecule has 0 radical (unpaired) electrons. The first-order chi connectivity index (χ1) is 8.75. The third-order valence-corrected chi connectivity index (χ3v) is 4.77. The summed E-state index contributed by atoms with van der Waals surface area (Å²) in [5, 5.41) is 12.8. The molecular formula is C13H16N2O2S. The van der Waals surface area contributed by atoms with Crippen LogP contribution in [0.1, 0.15) is 11.1 Å². The van der Waals surface area contributed by atoms with Crippen LogP contribution in [0.5, 0.6) is 0 Å². The SMILES string of the molecule is O=C(O)[C@H]([C@@H]1NCCS1)N1Cc2ccccc2C1. The lowest BCUT2D eigenvalue weighted by Crippen LogP contribution is -2.49. The average Bonchev–Trinajstić information content (AvgIpc) is 2.97. The molecule has 1 fully saturated rings. The molecule has 2 aliphatic rings. The summed E-state index contributed by atoms with van der Waals surface area (Å²) < 4.78 is 0.